The maximum Gasteiger partial charge on any atom is 0.119 e. The second-order valence-electron chi connectivity index (χ2n) is 5.69. The Morgan fingerprint density at radius 2 is 2.20 bits per heavy atom. The lowest BCUT2D eigenvalue weighted by Gasteiger charge is -2.35. The minimum absolute atomic E-state index is 0.272. The van der Waals surface area contributed by atoms with Gasteiger partial charge >= 0.3 is 0 Å². The van der Waals surface area contributed by atoms with Crippen molar-refractivity contribution in [1.29, 1.82) is 0 Å². The van der Waals surface area contributed by atoms with E-state index in [4.69, 9.17) is 4.74 Å². The van der Waals surface area contributed by atoms with Gasteiger partial charge in [-0.15, -0.1) is 0 Å². The van der Waals surface area contributed by atoms with E-state index in [1.807, 2.05) is 31.2 Å². The molecule has 0 amide bonds. The normalized spacial score (nSPS) is 23.3. The van der Waals surface area contributed by atoms with Crippen LogP contribution in [0.3, 0.4) is 0 Å². The molecule has 0 spiro atoms. The van der Waals surface area contributed by atoms with E-state index in [0.717, 1.165) is 37.2 Å². The fourth-order valence-electron chi connectivity index (χ4n) is 2.85. The van der Waals surface area contributed by atoms with Crippen molar-refractivity contribution >= 4 is 0 Å². The van der Waals surface area contributed by atoms with Crippen molar-refractivity contribution in [2.24, 2.45) is 5.92 Å². The molecule has 3 unspecified atom stereocenters. The molecule has 0 aromatic heterocycles. The monoisotopic (exact) mass is 279 g/mol. The van der Waals surface area contributed by atoms with E-state index < -0.39 is 6.10 Å². The highest BCUT2D eigenvalue weighted by Crippen LogP contribution is 2.24. The number of benzene rings is 1. The molecule has 1 saturated heterocycles. The first-order valence-corrected chi connectivity index (χ1v) is 7.32. The molecule has 1 heterocycles. The fraction of sp³-hybridized carbons (Fsp3) is 0.625. The number of hydrogen-bond acceptors (Lipinski definition) is 4. The van der Waals surface area contributed by atoms with E-state index in [0.29, 0.717) is 12.5 Å². The first-order chi connectivity index (χ1) is 9.60. The van der Waals surface area contributed by atoms with Crippen LogP contribution >= 0.6 is 0 Å². The van der Waals surface area contributed by atoms with Gasteiger partial charge in [-0.05, 0) is 49.9 Å². The number of piperidine rings is 1. The van der Waals surface area contributed by atoms with E-state index in [2.05, 4.69) is 4.90 Å². The number of rotatable bonds is 5. The minimum atomic E-state index is -0.516. The Kier molecular flexibility index (Phi) is 5.40. The zero-order valence-electron chi connectivity index (χ0n) is 12.3. The first kappa shape index (κ1) is 15.3. The highest BCUT2D eigenvalue weighted by molar-refractivity contribution is 5.29. The maximum absolute atomic E-state index is 10.4. The summed E-state index contributed by atoms with van der Waals surface area (Å²) >= 11 is 0. The summed E-state index contributed by atoms with van der Waals surface area (Å²) in [6.45, 7) is 4.31. The molecule has 0 aliphatic carbocycles. The molecule has 1 fully saturated rings. The Bertz CT molecular complexity index is 422. The molecular formula is C16H25NO3. The Balaban J connectivity index is 1.94. The van der Waals surface area contributed by atoms with Gasteiger partial charge in [-0.3, -0.25) is 0 Å². The van der Waals surface area contributed by atoms with Crippen molar-refractivity contribution < 1.29 is 14.9 Å². The summed E-state index contributed by atoms with van der Waals surface area (Å²) < 4.78 is 5.19. The van der Waals surface area contributed by atoms with Gasteiger partial charge in [0.2, 0.25) is 0 Å². The van der Waals surface area contributed by atoms with Gasteiger partial charge in [0, 0.05) is 13.1 Å². The zero-order chi connectivity index (χ0) is 14.5. The summed E-state index contributed by atoms with van der Waals surface area (Å²) in [6.07, 6.45) is 1.37. The third-order valence-electron chi connectivity index (χ3n) is 4.13. The van der Waals surface area contributed by atoms with Gasteiger partial charge in [-0.2, -0.15) is 0 Å². The molecule has 1 aliphatic heterocycles. The molecule has 4 heteroatoms. The van der Waals surface area contributed by atoms with E-state index in [1.165, 1.54) is 0 Å². The predicted molar refractivity (Wildman–Crippen MR) is 78.8 cm³/mol. The SMILES string of the molecule is COc1cccc(C(O)CN2CCCC(C(C)O)C2)c1. The number of β-amino-alcohol motifs (C(OH)–C–C–N with tert-alkyl or cyclic N) is 1. The molecule has 1 aliphatic rings. The number of ether oxygens (including phenoxy) is 1. The molecule has 1 aromatic rings. The number of nitrogens with zero attached hydrogens (tertiary/aromatic N) is 1. The van der Waals surface area contributed by atoms with Crippen molar-refractivity contribution in [3.05, 3.63) is 29.8 Å². The summed E-state index contributed by atoms with van der Waals surface area (Å²) in [5.41, 5.74) is 0.878. The lowest BCUT2D eigenvalue weighted by molar-refractivity contribution is 0.0376. The van der Waals surface area contributed by atoms with Gasteiger partial charge in [0.25, 0.3) is 0 Å². The molecule has 112 valence electrons. The summed E-state index contributed by atoms with van der Waals surface area (Å²) in [4.78, 5) is 2.24. The van der Waals surface area contributed by atoms with Gasteiger partial charge < -0.3 is 19.8 Å². The van der Waals surface area contributed by atoms with Gasteiger partial charge in [-0.1, -0.05) is 12.1 Å². The first-order valence-electron chi connectivity index (χ1n) is 7.32. The lowest BCUT2D eigenvalue weighted by Crippen LogP contribution is -2.41. The average Bonchev–Trinajstić information content (AvgIpc) is 2.47. The van der Waals surface area contributed by atoms with Crippen LogP contribution < -0.4 is 4.74 Å². The van der Waals surface area contributed by atoms with Gasteiger partial charge in [0.05, 0.1) is 19.3 Å². The van der Waals surface area contributed by atoms with Crippen LogP contribution in [0.2, 0.25) is 0 Å². The predicted octanol–water partition coefficient (Wildman–Crippen LogP) is 1.82. The van der Waals surface area contributed by atoms with Crippen molar-refractivity contribution in [3.63, 3.8) is 0 Å². The van der Waals surface area contributed by atoms with E-state index in [1.54, 1.807) is 7.11 Å². The molecular weight excluding hydrogens is 254 g/mol. The average molecular weight is 279 g/mol. The van der Waals surface area contributed by atoms with Crippen molar-refractivity contribution in [2.45, 2.75) is 32.0 Å². The van der Waals surface area contributed by atoms with Gasteiger partial charge in [-0.25, -0.2) is 0 Å². The molecule has 2 rings (SSSR count). The molecule has 2 N–H and O–H groups in total. The second kappa shape index (κ2) is 7.07. The summed E-state index contributed by atoms with van der Waals surface area (Å²) in [6, 6.07) is 7.57. The second-order valence-corrected chi connectivity index (χ2v) is 5.69. The number of aliphatic hydroxyl groups excluding tert-OH is 2. The molecule has 3 atom stereocenters. The van der Waals surface area contributed by atoms with Crippen LogP contribution in [0.25, 0.3) is 0 Å². The van der Waals surface area contributed by atoms with E-state index in [-0.39, 0.29) is 6.10 Å². The molecule has 0 saturated carbocycles. The Hall–Kier alpha value is -1.10. The Morgan fingerprint density at radius 1 is 1.40 bits per heavy atom. The summed E-state index contributed by atoms with van der Waals surface area (Å²) in [5.74, 6) is 1.09. The topological polar surface area (TPSA) is 52.9 Å². The van der Waals surface area contributed by atoms with Crippen LogP contribution in [-0.2, 0) is 0 Å². The van der Waals surface area contributed by atoms with Crippen LogP contribution in [0.5, 0.6) is 5.75 Å². The summed E-state index contributed by atoms with van der Waals surface area (Å²) in [7, 11) is 1.63. The van der Waals surface area contributed by atoms with Crippen LogP contribution in [-0.4, -0.2) is 48.0 Å². The van der Waals surface area contributed by atoms with Crippen LogP contribution in [0.4, 0.5) is 0 Å². The number of aliphatic hydroxyl groups is 2. The number of methoxy groups -OCH3 is 1. The molecule has 20 heavy (non-hydrogen) atoms. The Morgan fingerprint density at radius 3 is 2.90 bits per heavy atom. The number of likely N-dealkylation sites (tertiary alicyclic amines) is 1. The van der Waals surface area contributed by atoms with Crippen molar-refractivity contribution in [1.82, 2.24) is 4.90 Å². The van der Waals surface area contributed by atoms with Gasteiger partial charge in [0.15, 0.2) is 0 Å². The Labute approximate surface area is 121 Å². The third kappa shape index (κ3) is 3.95. The standard InChI is InChI=1S/C16H25NO3/c1-12(18)14-6-4-8-17(10-14)11-16(19)13-5-3-7-15(9-13)20-2/h3,5,7,9,12,14,16,18-19H,4,6,8,10-11H2,1-2H3. The number of hydrogen-bond donors (Lipinski definition) is 2. The largest absolute Gasteiger partial charge is 0.497 e. The quantitative estimate of drug-likeness (QED) is 0.863. The lowest BCUT2D eigenvalue weighted by atomic mass is 9.93. The highest BCUT2D eigenvalue weighted by atomic mass is 16.5. The highest BCUT2D eigenvalue weighted by Gasteiger charge is 2.25. The van der Waals surface area contributed by atoms with E-state index >= 15 is 0 Å². The van der Waals surface area contributed by atoms with Crippen molar-refractivity contribution in [3.8, 4) is 5.75 Å². The third-order valence-corrected chi connectivity index (χ3v) is 4.13. The van der Waals surface area contributed by atoms with Gasteiger partial charge in [0.1, 0.15) is 5.75 Å². The van der Waals surface area contributed by atoms with Crippen LogP contribution in [0.1, 0.15) is 31.4 Å². The molecule has 0 bridgehead atoms. The minimum Gasteiger partial charge on any atom is -0.497 e. The summed E-state index contributed by atoms with van der Waals surface area (Å²) in [5, 5.41) is 20.1. The smallest absolute Gasteiger partial charge is 0.119 e. The van der Waals surface area contributed by atoms with E-state index in [9.17, 15) is 10.2 Å². The molecule has 1 aromatic carbocycles. The molecule has 0 radical (unpaired) electrons. The maximum atomic E-state index is 10.4. The zero-order valence-corrected chi connectivity index (χ0v) is 12.3. The fourth-order valence-corrected chi connectivity index (χ4v) is 2.85. The molecule has 4 nitrogen and oxygen atoms in total. The van der Waals surface area contributed by atoms with Crippen LogP contribution in [0.15, 0.2) is 24.3 Å². The van der Waals surface area contributed by atoms with Crippen molar-refractivity contribution in [2.75, 3.05) is 26.7 Å². The van der Waals surface area contributed by atoms with Crippen LogP contribution in [0, 0.1) is 5.92 Å².